The Bertz CT molecular complexity index is 166. The molecule has 0 atom stereocenters. The second kappa shape index (κ2) is 5.04. The lowest BCUT2D eigenvalue weighted by atomic mass is 9.79. The number of carboxylic acids is 1. The molecule has 1 N–H and O–H groups in total. The number of alkyl halides is 4. The lowest BCUT2D eigenvalue weighted by Gasteiger charge is -2.28. The fourth-order valence-corrected chi connectivity index (χ4v) is 0.879. The van der Waals surface area contributed by atoms with Gasteiger partial charge in [0.1, 0.15) is 18.8 Å². The predicted molar refractivity (Wildman–Crippen MR) is 37.5 cm³/mol. The van der Waals surface area contributed by atoms with E-state index >= 15 is 0 Å². The molecule has 0 aromatic carbocycles. The summed E-state index contributed by atoms with van der Waals surface area (Å²) < 4.78 is 48.6. The highest BCUT2D eigenvalue weighted by Gasteiger charge is 2.47. The van der Waals surface area contributed by atoms with Gasteiger partial charge >= 0.3 is 5.97 Å². The molecule has 0 fully saturated rings. The molecule has 0 aliphatic carbocycles. The molecule has 0 aliphatic rings. The van der Waals surface area contributed by atoms with Gasteiger partial charge in [-0.15, -0.1) is 0 Å². The molecule has 78 valence electrons. The Labute approximate surface area is 72.5 Å². The van der Waals surface area contributed by atoms with Crippen molar-refractivity contribution in [3.8, 4) is 0 Å². The molecule has 0 rings (SSSR count). The molecule has 6 heteroatoms. The molecular weight excluding hydrogens is 192 g/mol. The number of carbonyl (C=O) groups is 1. The fourth-order valence-electron chi connectivity index (χ4n) is 0.879. The van der Waals surface area contributed by atoms with E-state index in [9.17, 15) is 22.4 Å². The van der Waals surface area contributed by atoms with Gasteiger partial charge < -0.3 is 5.11 Å². The number of rotatable bonds is 6. The first-order valence-electron chi connectivity index (χ1n) is 3.56. The van der Waals surface area contributed by atoms with Crippen LogP contribution in [0.4, 0.5) is 17.6 Å². The van der Waals surface area contributed by atoms with Crippen molar-refractivity contribution in [3.05, 3.63) is 0 Å². The summed E-state index contributed by atoms with van der Waals surface area (Å²) in [5.74, 6) is -3.61. The van der Waals surface area contributed by atoms with Crippen molar-refractivity contribution in [2.45, 2.75) is 0 Å². The average molecular weight is 202 g/mol. The molecule has 0 bridgehead atoms. The van der Waals surface area contributed by atoms with Gasteiger partial charge in [-0.05, 0) is 0 Å². The lowest BCUT2D eigenvalue weighted by Crippen LogP contribution is -2.45. The number of aliphatic carboxylic acids is 1. The van der Waals surface area contributed by atoms with Crippen molar-refractivity contribution in [1.82, 2.24) is 0 Å². The van der Waals surface area contributed by atoms with Gasteiger partial charge in [-0.1, -0.05) is 0 Å². The van der Waals surface area contributed by atoms with E-state index in [2.05, 4.69) is 0 Å². The fraction of sp³-hybridized carbons (Fsp3) is 0.857. The van der Waals surface area contributed by atoms with E-state index in [1.165, 1.54) is 0 Å². The molecule has 13 heavy (non-hydrogen) atoms. The minimum Gasteiger partial charge on any atom is -0.481 e. The van der Waals surface area contributed by atoms with Gasteiger partial charge in [0.05, 0.1) is 13.3 Å². The highest BCUT2D eigenvalue weighted by molar-refractivity contribution is 5.75. The maximum Gasteiger partial charge on any atom is 0.315 e. The van der Waals surface area contributed by atoms with Gasteiger partial charge in [-0.3, -0.25) is 13.6 Å². The highest BCUT2D eigenvalue weighted by atomic mass is 19.1. The maximum atomic E-state index is 12.2. The van der Waals surface area contributed by atoms with Gasteiger partial charge in [-0.25, -0.2) is 8.78 Å². The van der Waals surface area contributed by atoms with Crippen molar-refractivity contribution in [2.75, 3.05) is 26.7 Å². The summed E-state index contributed by atoms with van der Waals surface area (Å²) in [5, 5.41) is 8.44. The van der Waals surface area contributed by atoms with Crippen LogP contribution >= 0.6 is 0 Å². The summed E-state index contributed by atoms with van der Waals surface area (Å²) in [6.07, 6.45) is 0. The van der Waals surface area contributed by atoms with E-state index in [0.29, 0.717) is 0 Å². The van der Waals surface area contributed by atoms with Gasteiger partial charge in [0, 0.05) is 5.92 Å². The minimum atomic E-state index is -2.57. The average Bonchev–Trinajstić information content (AvgIpc) is 2.13. The van der Waals surface area contributed by atoms with Crippen LogP contribution in [0.1, 0.15) is 0 Å². The van der Waals surface area contributed by atoms with Crippen LogP contribution in [0, 0.1) is 11.3 Å². The smallest absolute Gasteiger partial charge is 0.315 e. The molecule has 2 nitrogen and oxygen atoms in total. The molecule has 0 spiro atoms. The molecule has 0 aliphatic heterocycles. The summed E-state index contributed by atoms with van der Waals surface area (Å²) in [4.78, 5) is 10.4. The van der Waals surface area contributed by atoms with Crippen LogP contribution in [0.25, 0.3) is 0 Å². The SMILES string of the molecule is O=C(O)C(CF)(CF)C(CF)CF. The van der Waals surface area contributed by atoms with E-state index in [0.717, 1.165) is 0 Å². The molecule has 0 saturated carbocycles. The van der Waals surface area contributed by atoms with E-state index in [-0.39, 0.29) is 0 Å². The van der Waals surface area contributed by atoms with Crippen LogP contribution in [0.3, 0.4) is 0 Å². The third-order valence-corrected chi connectivity index (χ3v) is 2.06. The number of halogens is 4. The Morgan fingerprint density at radius 3 is 1.62 bits per heavy atom. The molecule has 0 amide bonds. The molecule has 0 aromatic rings. The van der Waals surface area contributed by atoms with Crippen LogP contribution < -0.4 is 0 Å². The lowest BCUT2D eigenvalue weighted by molar-refractivity contribution is -0.156. The van der Waals surface area contributed by atoms with Gasteiger partial charge in [-0.2, -0.15) is 0 Å². The third-order valence-electron chi connectivity index (χ3n) is 2.06. The topological polar surface area (TPSA) is 37.3 Å². The Morgan fingerprint density at radius 2 is 1.54 bits per heavy atom. The standard InChI is InChI=1S/C7H10F4O2/c8-1-5(2-9)7(3-10,4-11)6(12)13/h5H,1-4H2,(H,12,13). The summed E-state index contributed by atoms with van der Waals surface area (Å²) >= 11 is 0. The minimum absolute atomic E-state index is 1.39. The van der Waals surface area contributed by atoms with Crippen molar-refractivity contribution >= 4 is 5.97 Å². The van der Waals surface area contributed by atoms with Crippen LogP contribution in [0.2, 0.25) is 0 Å². The monoisotopic (exact) mass is 202 g/mol. The van der Waals surface area contributed by atoms with Gasteiger partial charge in [0.15, 0.2) is 0 Å². The second-order valence-corrected chi connectivity index (χ2v) is 2.73. The first-order chi connectivity index (χ1) is 6.08. The summed E-state index contributed by atoms with van der Waals surface area (Å²) in [5.41, 5.74) is -2.57. The molecular formula is C7H10F4O2. The van der Waals surface area contributed by atoms with Crippen molar-refractivity contribution in [2.24, 2.45) is 11.3 Å². The quantitative estimate of drug-likeness (QED) is 0.663. The van der Waals surface area contributed by atoms with E-state index in [1.807, 2.05) is 0 Å². The Balaban J connectivity index is 4.82. The third kappa shape index (κ3) is 2.10. The summed E-state index contributed by atoms with van der Waals surface area (Å²) in [6.45, 7) is -6.01. The van der Waals surface area contributed by atoms with Crippen LogP contribution in [0.5, 0.6) is 0 Å². The Hall–Kier alpha value is -0.810. The van der Waals surface area contributed by atoms with Crippen molar-refractivity contribution in [3.63, 3.8) is 0 Å². The van der Waals surface area contributed by atoms with Gasteiger partial charge in [0.25, 0.3) is 0 Å². The van der Waals surface area contributed by atoms with E-state index < -0.39 is 44.0 Å². The number of hydrogen-bond donors (Lipinski definition) is 1. The molecule has 0 radical (unpaired) electrons. The maximum absolute atomic E-state index is 12.2. The molecule has 0 saturated heterocycles. The number of carboxylic acid groups (broad SMARTS) is 1. The number of hydrogen-bond acceptors (Lipinski definition) is 1. The van der Waals surface area contributed by atoms with E-state index in [4.69, 9.17) is 5.11 Å². The van der Waals surface area contributed by atoms with Gasteiger partial charge in [0.2, 0.25) is 0 Å². The summed E-state index contributed by atoms with van der Waals surface area (Å²) in [6, 6.07) is 0. The molecule has 0 unspecified atom stereocenters. The zero-order valence-electron chi connectivity index (χ0n) is 6.77. The zero-order chi connectivity index (χ0) is 10.5. The zero-order valence-corrected chi connectivity index (χ0v) is 6.77. The first-order valence-corrected chi connectivity index (χ1v) is 3.56. The van der Waals surface area contributed by atoms with Crippen molar-refractivity contribution in [1.29, 1.82) is 0 Å². The normalized spacial score (nSPS) is 12.1. The van der Waals surface area contributed by atoms with Crippen LogP contribution in [-0.4, -0.2) is 37.8 Å². The summed E-state index contributed by atoms with van der Waals surface area (Å²) in [7, 11) is 0. The Kier molecular flexibility index (Phi) is 4.72. The van der Waals surface area contributed by atoms with Crippen molar-refractivity contribution < 1.29 is 27.5 Å². The second-order valence-electron chi connectivity index (χ2n) is 2.73. The molecule has 0 heterocycles. The van der Waals surface area contributed by atoms with Crippen LogP contribution in [0.15, 0.2) is 0 Å². The Morgan fingerprint density at radius 1 is 1.15 bits per heavy atom. The van der Waals surface area contributed by atoms with E-state index in [1.54, 1.807) is 0 Å². The largest absolute Gasteiger partial charge is 0.481 e. The predicted octanol–water partition coefficient (Wildman–Crippen LogP) is 1.55. The first kappa shape index (κ1) is 12.2. The van der Waals surface area contributed by atoms with Crippen LogP contribution in [-0.2, 0) is 4.79 Å². The highest BCUT2D eigenvalue weighted by Crippen LogP contribution is 2.30. The molecule has 0 aromatic heterocycles.